The van der Waals surface area contributed by atoms with Crippen molar-refractivity contribution in [2.75, 3.05) is 24.2 Å². The summed E-state index contributed by atoms with van der Waals surface area (Å²) < 4.78 is 0. The van der Waals surface area contributed by atoms with Gasteiger partial charge in [0, 0.05) is 6.54 Å². The maximum Gasteiger partial charge on any atom is 0.152 e. The third-order valence-corrected chi connectivity index (χ3v) is 1.46. The SMILES string of the molecule is Nc1cncnc1NC[C@H](O)CO. The minimum absolute atomic E-state index is 0.206. The molecular weight excluding hydrogens is 172 g/mol. The number of anilines is 2. The van der Waals surface area contributed by atoms with E-state index in [0.29, 0.717) is 11.5 Å². The maximum absolute atomic E-state index is 9.01. The number of rotatable bonds is 4. The second-order valence-corrected chi connectivity index (χ2v) is 2.54. The van der Waals surface area contributed by atoms with Crippen LogP contribution in [0.15, 0.2) is 12.5 Å². The second kappa shape index (κ2) is 4.58. The fourth-order valence-corrected chi connectivity index (χ4v) is 0.767. The van der Waals surface area contributed by atoms with Gasteiger partial charge in [-0.1, -0.05) is 0 Å². The van der Waals surface area contributed by atoms with Gasteiger partial charge in [-0.2, -0.15) is 0 Å². The average Bonchev–Trinajstić information content (AvgIpc) is 2.16. The smallest absolute Gasteiger partial charge is 0.152 e. The Kier molecular flexibility index (Phi) is 3.41. The van der Waals surface area contributed by atoms with Crippen LogP contribution < -0.4 is 11.1 Å². The summed E-state index contributed by atoms with van der Waals surface area (Å²) in [5.74, 6) is 0.461. The second-order valence-electron chi connectivity index (χ2n) is 2.54. The minimum atomic E-state index is -0.811. The number of nitrogen functional groups attached to an aromatic ring is 1. The van der Waals surface area contributed by atoms with Crippen LogP contribution in [0.2, 0.25) is 0 Å². The predicted molar refractivity (Wildman–Crippen MR) is 48.0 cm³/mol. The van der Waals surface area contributed by atoms with Crippen molar-refractivity contribution < 1.29 is 10.2 Å². The van der Waals surface area contributed by atoms with Crippen LogP contribution in [0.1, 0.15) is 0 Å². The Bertz CT molecular complexity index is 268. The molecule has 0 amide bonds. The van der Waals surface area contributed by atoms with Crippen LogP contribution in [0.5, 0.6) is 0 Å². The predicted octanol–water partition coefficient (Wildman–Crippen LogP) is -1.18. The van der Waals surface area contributed by atoms with E-state index in [1.54, 1.807) is 0 Å². The van der Waals surface area contributed by atoms with Gasteiger partial charge < -0.3 is 21.3 Å². The third-order valence-electron chi connectivity index (χ3n) is 1.46. The zero-order chi connectivity index (χ0) is 9.68. The van der Waals surface area contributed by atoms with Crippen molar-refractivity contribution in [3.8, 4) is 0 Å². The molecule has 5 N–H and O–H groups in total. The zero-order valence-electron chi connectivity index (χ0n) is 7.01. The molecule has 1 atom stereocenters. The Morgan fingerprint density at radius 2 is 2.38 bits per heavy atom. The van der Waals surface area contributed by atoms with Crippen molar-refractivity contribution in [3.63, 3.8) is 0 Å². The van der Waals surface area contributed by atoms with E-state index in [-0.39, 0.29) is 13.2 Å². The van der Waals surface area contributed by atoms with E-state index in [0.717, 1.165) is 0 Å². The Morgan fingerprint density at radius 1 is 1.62 bits per heavy atom. The lowest BCUT2D eigenvalue weighted by Crippen LogP contribution is -2.23. The summed E-state index contributed by atoms with van der Waals surface area (Å²) in [6.07, 6.45) is 2.00. The van der Waals surface area contributed by atoms with Crippen LogP contribution in [0.3, 0.4) is 0 Å². The monoisotopic (exact) mass is 184 g/mol. The molecule has 1 aromatic rings. The number of nitrogens with one attached hydrogen (secondary N) is 1. The number of hydrogen-bond donors (Lipinski definition) is 4. The van der Waals surface area contributed by atoms with Crippen LogP contribution in [-0.2, 0) is 0 Å². The zero-order valence-corrected chi connectivity index (χ0v) is 7.01. The highest BCUT2D eigenvalue weighted by atomic mass is 16.3. The molecule has 0 aliphatic heterocycles. The molecule has 0 spiro atoms. The van der Waals surface area contributed by atoms with Crippen LogP contribution in [-0.4, -0.2) is 39.4 Å². The number of aliphatic hydroxyl groups excluding tert-OH is 2. The van der Waals surface area contributed by atoms with Crippen molar-refractivity contribution in [1.29, 1.82) is 0 Å². The molecule has 6 nitrogen and oxygen atoms in total. The van der Waals surface area contributed by atoms with E-state index in [4.69, 9.17) is 15.9 Å². The molecule has 0 saturated heterocycles. The number of nitrogens with two attached hydrogens (primary N) is 1. The first-order valence-electron chi connectivity index (χ1n) is 3.82. The van der Waals surface area contributed by atoms with Crippen molar-refractivity contribution in [2.45, 2.75) is 6.10 Å². The van der Waals surface area contributed by atoms with Gasteiger partial charge in [0.2, 0.25) is 0 Å². The lowest BCUT2D eigenvalue weighted by Gasteiger charge is -2.10. The number of nitrogens with zero attached hydrogens (tertiary/aromatic N) is 2. The van der Waals surface area contributed by atoms with E-state index in [1.807, 2.05) is 0 Å². The molecule has 0 radical (unpaired) electrons. The quantitative estimate of drug-likeness (QED) is 0.469. The van der Waals surface area contributed by atoms with Gasteiger partial charge in [-0.05, 0) is 0 Å². The average molecular weight is 184 g/mol. The van der Waals surface area contributed by atoms with Gasteiger partial charge in [-0.3, -0.25) is 0 Å². The van der Waals surface area contributed by atoms with Gasteiger partial charge in [-0.15, -0.1) is 0 Å². The van der Waals surface area contributed by atoms with E-state index in [1.165, 1.54) is 12.5 Å². The minimum Gasteiger partial charge on any atom is -0.394 e. The van der Waals surface area contributed by atoms with Crippen LogP contribution in [0.4, 0.5) is 11.5 Å². The molecule has 0 aliphatic carbocycles. The van der Waals surface area contributed by atoms with Gasteiger partial charge in [0.25, 0.3) is 0 Å². The molecule has 1 heterocycles. The molecule has 0 saturated carbocycles. The lowest BCUT2D eigenvalue weighted by atomic mass is 10.3. The molecule has 6 heteroatoms. The van der Waals surface area contributed by atoms with Gasteiger partial charge in [0.1, 0.15) is 6.33 Å². The van der Waals surface area contributed by atoms with Crippen molar-refractivity contribution >= 4 is 11.5 Å². The largest absolute Gasteiger partial charge is 0.394 e. The molecule has 0 bridgehead atoms. The van der Waals surface area contributed by atoms with E-state index < -0.39 is 6.10 Å². The molecular formula is C7H12N4O2. The highest BCUT2D eigenvalue weighted by Gasteiger charge is 2.03. The van der Waals surface area contributed by atoms with Crippen molar-refractivity contribution in [1.82, 2.24) is 9.97 Å². The van der Waals surface area contributed by atoms with E-state index >= 15 is 0 Å². The Morgan fingerprint density at radius 3 is 3.00 bits per heavy atom. The lowest BCUT2D eigenvalue weighted by molar-refractivity contribution is 0.105. The Balaban J connectivity index is 2.50. The normalized spacial score (nSPS) is 12.5. The number of hydrogen-bond acceptors (Lipinski definition) is 6. The third kappa shape index (κ3) is 2.85. The summed E-state index contributed by atoms with van der Waals surface area (Å²) in [5.41, 5.74) is 5.93. The van der Waals surface area contributed by atoms with E-state index in [9.17, 15) is 0 Å². The molecule has 0 aromatic carbocycles. The summed E-state index contributed by atoms with van der Waals surface area (Å²) >= 11 is 0. The van der Waals surface area contributed by atoms with Crippen molar-refractivity contribution in [3.05, 3.63) is 12.5 Å². The molecule has 72 valence electrons. The molecule has 0 unspecified atom stereocenters. The van der Waals surface area contributed by atoms with Gasteiger partial charge in [0.15, 0.2) is 5.82 Å². The van der Waals surface area contributed by atoms with E-state index in [2.05, 4.69) is 15.3 Å². The molecule has 1 rings (SSSR count). The summed E-state index contributed by atoms with van der Waals surface area (Å²) in [5, 5.41) is 20.3. The van der Waals surface area contributed by atoms with Gasteiger partial charge in [-0.25, -0.2) is 9.97 Å². The Hall–Kier alpha value is -1.40. The summed E-state index contributed by atoms with van der Waals surface area (Å²) in [6, 6.07) is 0. The molecule has 0 aliphatic rings. The Labute approximate surface area is 75.4 Å². The molecule has 1 aromatic heterocycles. The number of aromatic nitrogens is 2. The summed E-state index contributed by atoms with van der Waals surface area (Å²) in [4.78, 5) is 7.55. The highest BCUT2D eigenvalue weighted by molar-refractivity contribution is 5.58. The van der Waals surface area contributed by atoms with Crippen LogP contribution in [0.25, 0.3) is 0 Å². The number of aliphatic hydroxyl groups is 2. The summed E-state index contributed by atoms with van der Waals surface area (Å²) in [7, 11) is 0. The summed E-state index contributed by atoms with van der Waals surface area (Å²) in [6.45, 7) is -0.0876. The standard InChI is InChI=1S/C7H12N4O2/c8-6-2-9-4-11-7(6)10-1-5(13)3-12/h2,4-5,12-13H,1,3,8H2,(H,9,10,11)/t5-/m0/s1. The first-order chi connectivity index (χ1) is 6.24. The first-order valence-corrected chi connectivity index (χ1v) is 3.82. The van der Waals surface area contributed by atoms with Gasteiger partial charge >= 0.3 is 0 Å². The van der Waals surface area contributed by atoms with Crippen LogP contribution in [0, 0.1) is 0 Å². The molecule has 13 heavy (non-hydrogen) atoms. The fraction of sp³-hybridized carbons (Fsp3) is 0.429. The highest BCUT2D eigenvalue weighted by Crippen LogP contribution is 2.10. The first kappa shape index (κ1) is 9.69. The van der Waals surface area contributed by atoms with Crippen LogP contribution >= 0.6 is 0 Å². The molecule has 0 fully saturated rings. The fourth-order valence-electron chi connectivity index (χ4n) is 0.767. The van der Waals surface area contributed by atoms with Gasteiger partial charge in [0.05, 0.1) is 24.6 Å². The van der Waals surface area contributed by atoms with Crippen molar-refractivity contribution in [2.24, 2.45) is 0 Å². The maximum atomic E-state index is 9.01. The topological polar surface area (TPSA) is 104 Å².